The first-order chi connectivity index (χ1) is 21.6. The Morgan fingerprint density at radius 3 is 2.28 bits per heavy atom. The standard InChI is InChI=1S/C29H31F3N8O2.2C2H6/c1-14(2)40-16(4)21(15(3)38-40)23-35-22-19(10-11-33-24(22)36-23)17-8-9-18(20(12-17)29(30,31)32)13-34-25(41)26-37-27(39-42-26)28(5,6)7;2*1-2/h8-12,14H,13H2,1-7H3,(H,34,41)(H,33,35,36);2*1-2H3. The van der Waals surface area contributed by atoms with Crippen molar-refractivity contribution >= 4 is 17.1 Å². The van der Waals surface area contributed by atoms with Crippen molar-refractivity contribution in [2.45, 2.75) is 100 Å². The van der Waals surface area contributed by atoms with Crippen LogP contribution in [0.5, 0.6) is 0 Å². The summed E-state index contributed by atoms with van der Waals surface area (Å²) in [6.45, 7) is 21.1. The highest BCUT2D eigenvalue weighted by Crippen LogP contribution is 2.37. The number of carbonyl (C=O) groups is 1. The van der Waals surface area contributed by atoms with Gasteiger partial charge in [0.1, 0.15) is 5.82 Å². The quantitative estimate of drug-likeness (QED) is 0.191. The van der Waals surface area contributed by atoms with Crippen LogP contribution in [-0.4, -0.2) is 40.8 Å². The minimum absolute atomic E-state index is 0.113. The molecular formula is C33H43F3N8O2. The van der Waals surface area contributed by atoms with Crippen LogP contribution in [0.3, 0.4) is 0 Å². The van der Waals surface area contributed by atoms with Gasteiger partial charge in [0, 0.05) is 35.5 Å². The molecule has 5 aromatic rings. The van der Waals surface area contributed by atoms with Gasteiger partial charge in [-0.2, -0.15) is 23.3 Å². The van der Waals surface area contributed by atoms with Gasteiger partial charge < -0.3 is 14.8 Å². The molecule has 1 aromatic carbocycles. The lowest BCUT2D eigenvalue weighted by molar-refractivity contribution is -0.138. The van der Waals surface area contributed by atoms with E-state index in [-0.39, 0.29) is 24.0 Å². The number of H-pyrrole nitrogens is 1. The van der Waals surface area contributed by atoms with Crippen LogP contribution in [0.4, 0.5) is 13.2 Å². The van der Waals surface area contributed by atoms with E-state index in [0.717, 1.165) is 23.0 Å². The van der Waals surface area contributed by atoms with Crippen molar-refractivity contribution in [2.75, 3.05) is 0 Å². The number of imidazole rings is 1. The molecule has 1 amide bonds. The van der Waals surface area contributed by atoms with Crippen LogP contribution in [0.25, 0.3) is 33.7 Å². The van der Waals surface area contributed by atoms with E-state index in [1.807, 2.05) is 80.8 Å². The molecule has 0 spiro atoms. The summed E-state index contributed by atoms with van der Waals surface area (Å²) in [5, 5.41) is 10.9. The third-order valence-electron chi connectivity index (χ3n) is 6.90. The lowest BCUT2D eigenvalue weighted by Crippen LogP contribution is -2.25. The number of nitrogens with zero attached hydrogens (tertiary/aromatic N) is 6. The second kappa shape index (κ2) is 14.3. The molecule has 0 bridgehead atoms. The van der Waals surface area contributed by atoms with Gasteiger partial charge in [0.25, 0.3) is 0 Å². The van der Waals surface area contributed by atoms with Crippen LogP contribution in [0.2, 0.25) is 0 Å². The van der Waals surface area contributed by atoms with E-state index in [1.165, 1.54) is 12.3 Å². The summed E-state index contributed by atoms with van der Waals surface area (Å²) in [7, 11) is 0. The van der Waals surface area contributed by atoms with Crippen LogP contribution in [-0.2, 0) is 18.1 Å². The van der Waals surface area contributed by atoms with Crippen LogP contribution >= 0.6 is 0 Å². The van der Waals surface area contributed by atoms with Gasteiger partial charge in [0.2, 0.25) is 0 Å². The second-order valence-corrected chi connectivity index (χ2v) is 11.5. The highest BCUT2D eigenvalue weighted by Gasteiger charge is 2.34. The van der Waals surface area contributed by atoms with Gasteiger partial charge in [-0.3, -0.25) is 9.48 Å². The van der Waals surface area contributed by atoms with Crippen LogP contribution in [0.15, 0.2) is 35.0 Å². The Balaban J connectivity index is 0.00000139. The van der Waals surface area contributed by atoms with E-state index in [1.54, 1.807) is 12.1 Å². The van der Waals surface area contributed by atoms with Gasteiger partial charge in [-0.15, -0.1) is 0 Å². The predicted octanol–water partition coefficient (Wildman–Crippen LogP) is 8.37. The summed E-state index contributed by atoms with van der Waals surface area (Å²) in [5.41, 5.74) is 2.78. The van der Waals surface area contributed by atoms with E-state index >= 15 is 0 Å². The zero-order chi connectivity index (χ0) is 34.6. The number of fused-ring (bicyclic) bond motifs is 1. The third kappa shape index (κ3) is 7.45. The second-order valence-electron chi connectivity index (χ2n) is 11.5. The lowest BCUT2D eigenvalue weighted by Gasteiger charge is -2.15. The van der Waals surface area contributed by atoms with Crippen LogP contribution in [0, 0.1) is 13.8 Å². The van der Waals surface area contributed by atoms with Gasteiger partial charge in [-0.25, -0.2) is 9.97 Å². The molecular weight excluding hydrogens is 597 g/mol. The van der Waals surface area contributed by atoms with E-state index in [2.05, 4.69) is 35.5 Å². The fourth-order valence-electron chi connectivity index (χ4n) is 4.81. The molecule has 0 aliphatic carbocycles. The van der Waals surface area contributed by atoms with Crippen molar-refractivity contribution in [1.82, 2.24) is 40.2 Å². The Kier molecular flexibility index (Phi) is 11.1. The van der Waals surface area contributed by atoms with Crippen molar-refractivity contribution < 1.29 is 22.5 Å². The van der Waals surface area contributed by atoms with Gasteiger partial charge in [0.15, 0.2) is 11.5 Å². The van der Waals surface area contributed by atoms with Crippen LogP contribution < -0.4 is 5.32 Å². The van der Waals surface area contributed by atoms with E-state index < -0.39 is 23.1 Å². The van der Waals surface area contributed by atoms with Crippen molar-refractivity contribution in [3.05, 3.63) is 64.7 Å². The lowest BCUT2D eigenvalue weighted by atomic mass is 9.96. The monoisotopic (exact) mass is 640 g/mol. The SMILES string of the molecule is CC.CC.Cc1nn(C(C)C)c(C)c1-c1nc2nccc(-c3ccc(CNC(=O)c4nc(C(C)(C)C)no4)c(C(F)(F)F)c3)c2[nH]1. The number of pyridine rings is 1. The number of carbonyl (C=O) groups excluding carboxylic acids is 1. The summed E-state index contributed by atoms with van der Waals surface area (Å²) in [5.74, 6) is -0.221. The number of benzene rings is 1. The molecule has 0 saturated heterocycles. The molecule has 0 fully saturated rings. The number of aromatic nitrogens is 7. The molecule has 0 atom stereocenters. The van der Waals surface area contributed by atoms with E-state index in [4.69, 9.17) is 4.52 Å². The fourth-order valence-corrected chi connectivity index (χ4v) is 4.81. The first-order valence-electron chi connectivity index (χ1n) is 15.4. The average molecular weight is 641 g/mol. The van der Waals surface area contributed by atoms with Crippen molar-refractivity contribution in [3.63, 3.8) is 0 Å². The molecule has 5 rings (SSSR count). The summed E-state index contributed by atoms with van der Waals surface area (Å²) in [6.07, 6.45) is -3.16. The van der Waals surface area contributed by atoms with Crippen LogP contribution in [0.1, 0.15) is 107 Å². The van der Waals surface area contributed by atoms with Crippen molar-refractivity contribution in [1.29, 1.82) is 0 Å². The maximum atomic E-state index is 14.2. The predicted molar refractivity (Wildman–Crippen MR) is 172 cm³/mol. The number of hydrogen-bond acceptors (Lipinski definition) is 7. The number of hydrogen-bond donors (Lipinski definition) is 2. The first kappa shape index (κ1) is 35.9. The molecule has 4 aromatic heterocycles. The maximum absolute atomic E-state index is 14.2. The summed E-state index contributed by atoms with van der Waals surface area (Å²) in [4.78, 5) is 28.9. The van der Waals surface area contributed by atoms with Gasteiger partial charge in [-0.1, -0.05) is 65.8 Å². The zero-order valence-electron chi connectivity index (χ0n) is 28.3. The number of halogens is 3. The van der Waals surface area contributed by atoms with E-state index in [9.17, 15) is 18.0 Å². The average Bonchev–Trinajstić information content (AvgIpc) is 3.74. The number of amides is 1. The molecule has 46 heavy (non-hydrogen) atoms. The summed E-state index contributed by atoms with van der Waals surface area (Å²) < 4.78 is 49.6. The first-order valence-corrected chi connectivity index (χ1v) is 15.4. The number of nitrogens with one attached hydrogen (secondary N) is 2. The van der Waals surface area contributed by atoms with Crippen molar-refractivity contribution in [3.8, 4) is 22.5 Å². The minimum Gasteiger partial charge on any atom is -0.344 e. The fraction of sp³-hybridized carbons (Fsp3) is 0.455. The molecule has 13 heteroatoms. The Hall–Kier alpha value is -4.55. The molecule has 248 valence electrons. The Morgan fingerprint density at radius 1 is 1.04 bits per heavy atom. The topological polar surface area (TPSA) is 127 Å². The van der Waals surface area contributed by atoms with Crippen molar-refractivity contribution in [2.24, 2.45) is 0 Å². The molecule has 0 unspecified atom stereocenters. The largest absolute Gasteiger partial charge is 0.416 e. The zero-order valence-corrected chi connectivity index (χ0v) is 28.3. The Morgan fingerprint density at radius 2 is 1.72 bits per heavy atom. The smallest absolute Gasteiger partial charge is 0.344 e. The van der Waals surface area contributed by atoms with Gasteiger partial charge in [-0.05, 0) is 51.0 Å². The number of alkyl halides is 3. The molecule has 0 radical (unpaired) electrons. The molecule has 10 nitrogen and oxygen atoms in total. The number of aromatic amines is 1. The number of rotatable bonds is 6. The molecule has 0 aliphatic rings. The Bertz CT molecular complexity index is 1790. The summed E-state index contributed by atoms with van der Waals surface area (Å²) >= 11 is 0. The summed E-state index contributed by atoms with van der Waals surface area (Å²) in [6, 6.07) is 5.77. The molecule has 4 heterocycles. The highest BCUT2D eigenvalue weighted by molar-refractivity contribution is 5.92. The molecule has 2 N–H and O–H groups in total. The Labute approximate surface area is 267 Å². The molecule has 0 saturated carbocycles. The highest BCUT2D eigenvalue weighted by atomic mass is 19.4. The normalized spacial score (nSPS) is 11.6. The maximum Gasteiger partial charge on any atom is 0.416 e. The minimum atomic E-state index is -4.68. The molecule has 0 aliphatic heterocycles. The van der Waals surface area contributed by atoms with Gasteiger partial charge >= 0.3 is 18.0 Å². The number of aryl methyl sites for hydroxylation is 1. The third-order valence-corrected chi connectivity index (χ3v) is 6.90. The van der Waals surface area contributed by atoms with E-state index in [0.29, 0.717) is 33.9 Å². The van der Waals surface area contributed by atoms with Gasteiger partial charge in [0.05, 0.1) is 22.3 Å².